The van der Waals surface area contributed by atoms with Gasteiger partial charge < -0.3 is 30.0 Å². The summed E-state index contributed by atoms with van der Waals surface area (Å²) in [6.45, 7) is 2.71. The Hall–Kier alpha value is -4.31. The molecule has 0 spiro atoms. The lowest BCUT2D eigenvalue weighted by atomic mass is 10.0. The second-order valence-electron chi connectivity index (χ2n) is 10.7. The van der Waals surface area contributed by atoms with E-state index in [1.165, 1.54) is 15.7 Å². The van der Waals surface area contributed by atoms with Gasteiger partial charge in [0.25, 0.3) is 0 Å². The van der Waals surface area contributed by atoms with Crippen LogP contribution in [0.4, 0.5) is 26.3 Å². The van der Waals surface area contributed by atoms with Crippen molar-refractivity contribution in [2.75, 3.05) is 20.6 Å². The fraction of sp³-hybridized carbons (Fsp3) is 0.452. The summed E-state index contributed by atoms with van der Waals surface area (Å²) in [6.07, 6.45) is -3.04. The minimum absolute atomic E-state index is 0.0672. The van der Waals surface area contributed by atoms with E-state index < -0.39 is 24.3 Å². The van der Waals surface area contributed by atoms with Gasteiger partial charge in [-0.05, 0) is 35.7 Å². The van der Waals surface area contributed by atoms with Crippen LogP contribution in [-0.4, -0.2) is 68.5 Å². The normalized spacial score (nSPS) is 13.4. The highest BCUT2D eigenvalue weighted by Crippen LogP contribution is 2.20. The standard InChI is InChI=1S/C27H36N4O2.2C2HF3O2/c1-4-23(32)12-6-5-7-13-24(29-26(33)16-17-31(2)3)27-28-19-25(30-27)22-15-14-20-10-8-9-11-21(20)18-22;2*3-2(4,5)1(6)7/h8-11,14-15,18-19,24H,4-7,12-13,16-17H2,1-3H3,(H,28,30)(H,29,33);2*(H,6,7)/t24-;;/m0../s1. The van der Waals surface area contributed by atoms with Crippen LogP contribution in [0, 0.1) is 0 Å². The molecule has 260 valence electrons. The third-order valence-corrected chi connectivity index (χ3v) is 6.59. The van der Waals surface area contributed by atoms with Gasteiger partial charge in [-0.25, -0.2) is 4.99 Å². The van der Waals surface area contributed by atoms with Crippen molar-refractivity contribution < 1.29 is 66.0 Å². The third kappa shape index (κ3) is 16.2. The molecule has 4 N–H and O–H groups in total. The highest BCUT2D eigenvalue weighted by atomic mass is 19.4. The Balaban J connectivity index is 0.000000658. The van der Waals surface area contributed by atoms with Gasteiger partial charge in [0.1, 0.15) is 23.8 Å². The molecule has 0 unspecified atom stereocenters. The van der Waals surface area contributed by atoms with Crippen molar-refractivity contribution in [3.63, 3.8) is 0 Å². The van der Waals surface area contributed by atoms with Gasteiger partial charge in [-0.1, -0.05) is 50.1 Å². The number of amidine groups is 1. The topological polar surface area (TPSA) is 160 Å². The summed E-state index contributed by atoms with van der Waals surface area (Å²) >= 11 is 0. The molecule has 0 radical (unpaired) electrons. The third-order valence-electron chi connectivity index (χ3n) is 6.59. The SMILES string of the molecule is CCC(=O)CCCCC[C@H](NC(=O)CC[NH+](C)C)C1=NC=C(c2ccc3ccccc3c2)[NH2+]1.O=C([O-])C(F)(F)F.O=C([O-])C(F)(F)F. The number of carboxylic acid groups (broad SMARTS) is 2. The van der Waals surface area contributed by atoms with E-state index in [0.29, 0.717) is 25.0 Å². The molecule has 10 nitrogen and oxygen atoms in total. The number of carbonyl (C=O) groups is 4. The number of carbonyl (C=O) groups excluding carboxylic acids is 4. The van der Waals surface area contributed by atoms with Crippen LogP contribution in [0.15, 0.2) is 53.7 Å². The van der Waals surface area contributed by atoms with E-state index >= 15 is 0 Å². The van der Waals surface area contributed by atoms with Gasteiger partial charge in [-0.15, -0.1) is 0 Å². The largest absolute Gasteiger partial charge is 0.542 e. The lowest BCUT2D eigenvalue weighted by Gasteiger charge is -2.17. The number of carboxylic acids is 2. The number of hydrogen-bond donors (Lipinski definition) is 3. The fourth-order valence-corrected chi connectivity index (χ4v) is 4.04. The zero-order chi connectivity index (χ0) is 35.8. The number of nitrogens with two attached hydrogens (primary N) is 1. The van der Waals surface area contributed by atoms with Crippen LogP contribution < -0.4 is 25.7 Å². The number of fused-ring (bicyclic) bond motifs is 1. The molecule has 2 aromatic carbocycles. The summed E-state index contributed by atoms with van der Waals surface area (Å²) in [7, 11) is 4.11. The summed E-state index contributed by atoms with van der Waals surface area (Å²) in [5.74, 6) is -4.71. The van der Waals surface area contributed by atoms with Crippen molar-refractivity contribution in [3.05, 3.63) is 54.2 Å². The molecule has 47 heavy (non-hydrogen) atoms. The zero-order valence-corrected chi connectivity index (χ0v) is 26.1. The molecule has 0 saturated heterocycles. The number of hydrogen-bond acceptors (Lipinski definition) is 7. The number of halogens is 6. The maximum absolute atomic E-state index is 12.6. The maximum Gasteiger partial charge on any atom is 0.430 e. The van der Waals surface area contributed by atoms with Crippen LogP contribution in [0.3, 0.4) is 0 Å². The van der Waals surface area contributed by atoms with E-state index in [4.69, 9.17) is 19.8 Å². The van der Waals surface area contributed by atoms with Crippen molar-refractivity contribution in [2.45, 2.75) is 70.3 Å². The van der Waals surface area contributed by atoms with Crippen molar-refractivity contribution in [2.24, 2.45) is 4.99 Å². The van der Waals surface area contributed by atoms with Gasteiger partial charge in [0.2, 0.25) is 11.7 Å². The Kier molecular flexibility index (Phi) is 16.8. The molecule has 3 rings (SSSR count). The van der Waals surface area contributed by atoms with E-state index in [1.54, 1.807) is 0 Å². The minimum atomic E-state index is -5.19. The number of aliphatic carboxylic acids is 2. The number of nitrogens with zero attached hydrogens (tertiary/aromatic N) is 1. The first-order valence-corrected chi connectivity index (χ1v) is 14.6. The number of unbranched alkanes of at least 4 members (excludes halogenated alkanes) is 2. The molecule has 1 amide bonds. The Morgan fingerprint density at radius 2 is 1.45 bits per heavy atom. The Morgan fingerprint density at radius 3 is 1.98 bits per heavy atom. The first kappa shape index (κ1) is 40.7. The molecule has 16 heteroatoms. The van der Waals surface area contributed by atoms with Crippen LogP contribution in [0.5, 0.6) is 0 Å². The van der Waals surface area contributed by atoms with Crippen LogP contribution in [0.25, 0.3) is 16.5 Å². The molecule has 1 aliphatic heterocycles. The summed E-state index contributed by atoms with van der Waals surface area (Å²) in [6, 6.07) is 14.7. The van der Waals surface area contributed by atoms with Crippen molar-refractivity contribution >= 4 is 45.9 Å². The molecule has 1 atom stereocenters. The van der Waals surface area contributed by atoms with E-state index in [2.05, 4.69) is 66.1 Å². The van der Waals surface area contributed by atoms with E-state index in [9.17, 15) is 35.9 Å². The molecular formula is C31H38F6N4O6. The van der Waals surface area contributed by atoms with Crippen LogP contribution in [-0.2, 0) is 19.2 Å². The average molecular weight is 677 g/mol. The van der Waals surface area contributed by atoms with Gasteiger partial charge in [-0.2, -0.15) is 26.3 Å². The van der Waals surface area contributed by atoms with Crippen molar-refractivity contribution in [3.8, 4) is 0 Å². The predicted octanol–water partition coefficient (Wildman–Crippen LogP) is 0.660. The second kappa shape index (κ2) is 19.4. The predicted molar refractivity (Wildman–Crippen MR) is 156 cm³/mol. The van der Waals surface area contributed by atoms with Gasteiger partial charge in [-0.3, -0.25) is 14.9 Å². The van der Waals surface area contributed by atoms with Gasteiger partial charge in [0.05, 0.1) is 33.3 Å². The summed E-state index contributed by atoms with van der Waals surface area (Å²) in [4.78, 5) is 47.6. The molecular weight excluding hydrogens is 638 g/mol. The number of Topliss-reactive ketones (excluding diaryl/α,β-unsaturated/α-hetero) is 1. The monoisotopic (exact) mass is 676 g/mol. The van der Waals surface area contributed by atoms with E-state index in [0.717, 1.165) is 49.3 Å². The number of aliphatic imine (C=N–C) groups is 1. The van der Waals surface area contributed by atoms with Crippen LogP contribution in [0.2, 0.25) is 0 Å². The van der Waals surface area contributed by atoms with Crippen LogP contribution >= 0.6 is 0 Å². The van der Waals surface area contributed by atoms with Crippen molar-refractivity contribution in [1.29, 1.82) is 0 Å². The molecule has 1 heterocycles. The summed E-state index contributed by atoms with van der Waals surface area (Å²) < 4.78 is 63.1. The fourth-order valence-electron chi connectivity index (χ4n) is 4.04. The highest BCUT2D eigenvalue weighted by molar-refractivity contribution is 5.91. The van der Waals surface area contributed by atoms with Gasteiger partial charge >= 0.3 is 12.4 Å². The Bertz CT molecular complexity index is 1400. The number of alkyl halides is 6. The molecule has 0 saturated carbocycles. The number of benzene rings is 2. The smallest absolute Gasteiger partial charge is 0.430 e. The lowest BCUT2D eigenvalue weighted by Crippen LogP contribution is -3.05. The quantitative estimate of drug-likeness (QED) is 0.209. The first-order chi connectivity index (χ1) is 21.8. The van der Waals surface area contributed by atoms with E-state index in [-0.39, 0.29) is 11.9 Å². The number of amides is 1. The number of nitrogens with one attached hydrogen (secondary N) is 2. The Morgan fingerprint density at radius 1 is 0.872 bits per heavy atom. The summed E-state index contributed by atoms with van der Waals surface area (Å²) in [5.41, 5.74) is 2.20. The Labute approximate surface area is 267 Å². The highest BCUT2D eigenvalue weighted by Gasteiger charge is 2.30. The number of rotatable bonds is 13. The van der Waals surface area contributed by atoms with Crippen LogP contribution in [0.1, 0.15) is 57.4 Å². The lowest BCUT2D eigenvalue weighted by molar-refractivity contribution is -0.857. The zero-order valence-electron chi connectivity index (χ0n) is 26.1. The molecule has 0 fully saturated rings. The van der Waals surface area contributed by atoms with E-state index in [1.807, 2.05) is 19.2 Å². The molecule has 0 bridgehead atoms. The van der Waals surface area contributed by atoms with Gasteiger partial charge in [0.15, 0.2) is 5.70 Å². The molecule has 2 aromatic rings. The second-order valence-corrected chi connectivity index (χ2v) is 10.7. The summed E-state index contributed by atoms with van der Waals surface area (Å²) in [5, 5.41) is 25.3. The number of quaternary nitrogens is 2. The number of ketones is 1. The molecule has 1 aliphatic rings. The average Bonchev–Trinajstić information content (AvgIpc) is 3.49. The maximum atomic E-state index is 12.6. The molecule has 0 aromatic heterocycles. The van der Waals surface area contributed by atoms with Crippen molar-refractivity contribution in [1.82, 2.24) is 5.32 Å². The minimum Gasteiger partial charge on any atom is -0.542 e. The molecule has 0 aliphatic carbocycles. The first-order valence-electron chi connectivity index (χ1n) is 14.6. The van der Waals surface area contributed by atoms with Gasteiger partial charge in [0, 0.05) is 18.4 Å².